The van der Waals surface area contributed by atoms with Crippen LogP contribution in [0.25, 0.3) is 0 Å². The highest BCUT2D eigenvalue weighted by atomic mass is 16.5. The predicted molar refractivity (Wildman–Crippen MR) is 70.3 cm³/mol. The second-order valence-electron chi connectivity index (χ2n) is 5.15. The van der Waals surface area contributed by atoms with Crippen LogP contribution in [0.2, 0.25) is 0 Å². The third-order valence-corrected chi connectivity index (χ3v) is 3.84. The number of morpholine rings is 1. The normalized spacial score (nSPS) is 21.0. The zero-order valence-electron chi connectivity index (χ0n) is 11.5. The van der Waals surface area contributed by atoms with Crippen LogP contribution in [0.3, 0.4) is 0 Å². The lowest BCUT2D eigenvalue weighted by Gasteiger charge is -2.38. The van der Waals surface area contributed by atoms with E-state index in [1.807, 2.05) is 0 Å². The quantitative estimate of drug-likeness (QED) is 0.731. The molecule has 1 aromatic heterocycles. The molecule has 0 aliphatic carbocycles. The predicted octanol–water partition coefficient (Wildman–Crippen LogP) is 0.270. The number of ether oxygens (including phenoxy) is 1. The number of likely N-dealkylation sites (tertiary alicyclic amines) is 1. The van der Waals surface area contributed by atoms with Gasteiger partial charge in [0.2, 0.25) is 0 Å². The van der Waals surface area contributed by atoms with Crippen LogP contribution in [0.5, 0.6) is 0 Å². The van der Waals surface area contributed by atoms with Gasteiger partial charge in [-0.3, -0.25) is 19.3 Å². The lowest BCUT2D eigenvalue weighted by Crippen LogP contribution is -2.55. The Morgan fingerprint density at radius 3 is 2.38 bits per heavy atom. The van der Waals surface area contributed by atoms with Gasteiger partial charge in [0.05, 0.1) is 6.26 Å². The van der Waals surface area contributed by atoms with Gasteiger partial charge in [-0.1, -0.05) is 0 Å². The van der Waals surface area contributed by atoms with Crippen molar-refractivity contribution < 1.29 is 23.5 Å². The van der Waals surface area contributed by atoms with Crippen molar-refractivity contribution in [2.45, 2.75) is 18.9 Å². The topological polar surface area (TPSA) is 80.1 Å². The Morgan fingerprint density at radius 2 is 1.81 bits per heavy atom. The van der Waals surface area contributed by atoms with E-state index in [4.69, 9.17) is 9.15 Å². The molecule has 3 rings (SSSR count). The summed E-state index contributed by atoms with van der Waals surface area (Å²) in [6, 6.07) is 3.16. The van der Waals surface area contributed by atoms with Gasteiger partial charge in [-0.05, 0) is 25.0 Å². The maximum atomic E-state index is 12.1. The molecule has 2 aliphatic heterocycles. The molecule has 0 N–H and O–H groups in total. The smallest absolute Gasteiger partial charge is 0.289 e. The maximum absolute atomic E-state index is 12.1. The molecular weight excluding hydrogens is 276 g/mol. The first-order chi connectivity index (χ1) is 10.2. The molecule has 3 amide bonds. The van der Waals surface area contributed by atoms with Gasteiger partial charge in [-0.2, -0.15) is 0 Å². The van der Waals surface area contributed by atoms with Gasteiger partial charge < -0.3 is 14.1 Å². The molecule has 0 atom stereocenters. The van der Waals surface area contributed by atoms with Crippen LogP contribution >= 0.6 is 0 Å². The van der Waals surface area contributed by atoms with E-state index in [1.54, 1.807) is 17.0 Å². The van der Waals surface area contributed by atoms with E-state index >= 15 is 0 Å². The minimum absolute atomic E-state index is 0.0444. The van der Waals surface area contributed by atoms with E-state index in [9.17, 15) is 14.4 Å². The highest BCUT2D eigenvalue weighted by molar-refractivity contribution is 5.98. The Kier molecular flexibility index (Phi) is 3.74. The number of furan rings is 1. The van der Waals surface area contributed by atoms with Gasteiger partial charge in [0.15, 0.2) is 5.76 Å². The number of carbonyl (C=O) groups excluding carboxylic acids is 3. The third-order valence-electron chi connectivity index (χ3n) is 3.84. The zero-order valence-corrected chi connectivity index (χ0v) is 11.5. The molecule has 2 aliphatic rings. The van der Waals surface area contributed by atoms with Crippen molar-refractivity contribution in [1.82, 2.24) is 9.80 Å². The number of carbonyl (C=O) groups is 3. The van der Waals surface area contributed by atoms with E-state index in [0.29, 0.717) is 31.7 Å². The Balaban J connectivity index is 1.61. The molecule has 0 radical (unpaired) electrons. The van der Waals surface area contributed by atoms with E-state index in [1.165, 1.54) is 11.2 Å². The summed E-state index contributed by atoms with van der Waals surface area (Å²) in [7, 11) is 0. The van der Waals surface area contributed by atoms with Crippen molar-refractivity contribution in [2.24, 2.45) is 0 Å². The Hall–Kier alpha value is -2.15. The first-order valence-corrected chi connectivity index (χ1v) is 6.92. The largest absolute Gasteiger partial charge is 0.459 e. The first-order valence-electron chi connectivity index (χ1n) is 6.92. The van der Waals surface area contributed by atoms with Crippen molar-refractivity contribution in [2.75, 3.05) is 26.3 Å². The lowest BCUT2D eigenvalue weighted by atomic mass is 10.0. The Labute approximate surface area is 121 Å². The van der Waals surface area contributed by atoms with Crippen LogP contribution in [-0.4, -0.2) is 59.9 Å². The molecule has 7 nitrogen and oxygen atoms in total. The molecule has 7 heteroatoms. The zero-order chi connectivity index (χ0) is 14.8. The van der Waals surface area contributed by atoms with Crippen molar-refractivity contribution >= 4 is 17.7 Å². The van der Waals surface area contributed by atoms with E-state index in [-0.39, 0.29) is 37.0 Å². The number of hydrogen-bond acceptors (Lipinski definition) is 5. The standard InChI is InChI=1S/C14H16N2O5/c17-12-8-20-9-13(18)16(12)10-3-5-15(6-4-10)14(19)11-2-1-7-21-11/h1-2,7,10H,3-6,8-9H2. The van der Waals surface area contributed by atoms with Crippen LogP contribution in [0.15, 0.2) is 22.8 Å². The second-order valence-corrected chi connectivity index (χ2v) is 5.15. The third kappa shape index (κ3) is 2.69. The van der Waals surface area contributed by atoms with Gasteiger partial charge >= 0.3 is 0 Å². The monoisotopic (exact) mass is 292 g/mol. The number of amides is 3. The van der Waals surface area contributed by atoms with E-state index < -0.39 is 0 Å². The van der Waals surface area contributed by atoms with Crippen LogP contribution in [-0.2, 0) is 14.3 Å². The first kappa shape index (κ1) is 13.8. The molecule has 0 spiro atoms. The number of rotatable bonds is 2. The average molecular weight is 292 g/mol. The second kappa shape index (κ2) is 5.69. The van der Waals surface area contributed by atoms with Gasteiger partial charge in [-0.15, -0.1) is 0 Å². The molecule has 3 heterocycles. The Morgan fingerprint density at radius 1 is 1.14 bits per heavy atom. The fourth-order valence-electron chi connectivity index (χ4n) is 2.79. The molecule has 2 saturated heterocycles. The van der Waals surface area contributed by atoms with Crippen LogP contribution < -0.4 is 0 Å². The lowest BCUT2D eigenvalue weighted by molar-refractivity contribution is -0.162. The van der Waals surface area contributed by atoms with Crippen LogP contribution in [0, 0.1) is 0 Å². The summed E-state index contributed by atoms with van der Waals surface area (Å²) in [5.41, 5.74) is 0. The molecule has 2 fully saturated rings. The van der Waals surface area contributed by atoms with E-state index in [2.05, 4.69) is 0 Å². The molecule has 0 unspecified atom stereocenters. The summed E-state index contributed by atoms with van der Waals surface area (Å²) < 4.78 is 10.0. The fourth-order valence-corrected chi connectivity index (χ4v) is 2.79. The fraction of sp³-hybridized carbons (Fsp3) is 0.500. The molecule has 0 saturated carbocycles. The summed E-state index contributed by atoms with van der Waals surface area (Å²) >= 11 is 0. The molecule has 21 heavy (non-hydrogen) atoms. The molecular formula is C14H16N2O5. The minimum atomic E-state index is -0.290. The highest BCUT2D eigenvalue weighted by Crippen LogP contribution is 2.20. The average Bonchev–Trinajstić information content (AvgIpc) is 3.01. The summed E-state index contributed by atoms with van der Waals surface area (Å²) in [6.07, 6.45) is 2.64. The number of nitrogens with zero attached hydrogens (tertiary/aromatic N) is 2. The van der Waals surface area contributed by atoms with E-state index in [0.717, 1.165) is 0 Å². The Bertz CT molecular complexity index is 530. The molecule has 0 aromatic carbocycles. The summed E-state index contributed by atoms with van der Waals surface area (Å²) in [4.78, 5) is 38.7. The van der Waals surface area contributed by atoms with Gasteiger partial charge in [0, 0.05) is 19.1 Å². The number of piperidine rings is 1. The summed E-state index contributed by atoms with van der Waals surface area (Å²) in [6.45, 7) is 0.915. The SMILES string of the molecule is O=C(c1ccco1)N1CCC(N2C(=O)COCC2=O)CC1. The van der Waals surface area contributed by atoms with Gasteiger partial charge in [0.1, 0.15) is 13.2 Å². The molecule has 1 aromatic rings. The van der Waals surface area contributed by atoms with Crippen molar-refractivity contribution in [3.63, 3.8) is 0 Å². The minimum Gasteiger partial charge on any atom is -0.459 e. The maximum Gasteiger partial charge on any atom is 0.289 e. The summed E-state index contributed by atoms with van der Waals surface area (Å²) in [5, 5.41) is 0. The van der Waals surface area contributed by atoms with Crippen LogP contribution in [0.4, 0.5) is 0 Å². The molecule has 112 valence electrons. The number of imide groups is 1. The van der Waals surface area contributed by atoms with Crippen molar-refractivity contribution in [3.8, 4) is 0 Å². The van der Waals surface area contributed by atoms with Crippen molar-refractivity contribution in [3.05, 3.63) is 24.2 Å². The van der Waals surface area contributed by atoms with Crippen molar-refractivity contribution in [1.29, 1.82) is 0 Å². The molecule has 0 bridgehead atoms. The summed E-state index contributed by atoms with van der Waals surface area (Å²) in [5.74, 6) is -0.422. The van der Waals surface area contributed by atoms with Gasteiger partial charge in [0.25, 0.3) is 17.7 Å². The van der Waals surface area contributed by atoms with Crippen LogP contribution in [0.1, 0.15) is 23.4 Å². The highest BCUT2D eigenvalue weighted by Gasteiger charge is 2.36. The van der Waals surface area contributed by atoms with Gasteiger partial charge in [-0.25, -0.2) is 0 Å². The number of hydrogen-bond donors (Lipinski definition) is 0.